The van der Waals surface area contributed by atoms with Crippen molar-refractivity contribution < 1.29 is 5.72 Å². The van der Waals surface area contributed by atoms with Crippen molar-refractivity contribution in [3.8, 4) is 0 Å². The normalized spacial score (nSPS) is 11.3. The summed E-state index contributed by atoms with van der Waals surface area (Å²) in [5.41, 5.74) is 0. The summed E-state index contributed by atoms with van der Waals surface area (Å²) in [5.74, 6) is 0. The Kier molecular flexibility index (Phi) is 3.29. The summed E-state index contributed by atoms with van der Waals surface area (Å²) in [7, 11) is -1.40. The van der Waals surface area contributed by atoms with Gasteiger partial charge in [0.2, 0.25) is 0 Å². The SMILES string of the molecule is C[Si](C)(C)[O][Sb]=[O]. The average molecular weight is 227 g/mol. The van der Waals surface area contributed by atoms with Crippen LogP contribution in [0.1, 0.15) is 0 Å². The summed E-state index contributed by atoms with van der Waals surface area (Å²) in [4.78, 5) is 0. The van der Waals surface area contributed by atoms with E-state index < -0.39 is 30.3 Å². The van der Waals surface area contributed by atoms with Crippen LogP contribution in [0.25, 0.3) is 0 Å². The van der Waals surface area contributed by atoms with Gasteiger partial charge in [-0.3, -0.25) is 0 Å². The second-order valence-corrected chi connectivity index (χ2v) is 8.67. The molecule has 0 saturated carbocycles. The van der Waals surface area contributed by atoms with E-state index in [1.807, 2.05) is 19.6 Å². The van der Waals surface area contributed by atoms with Crippen molar-refractivity contribution in [3.05, 3.63) is 0 Å². The zero-order valence-corrected chi connectivity index (χ0v) is 8.32. The van der Waals surface area contributed by atoms with Crippen LogP contribution in [0.5, 0.6) is 0 Å². The summed E-state index contributed by atoms with van der Waals surface area (Å²) < 4.78 is 14.9. The molecule has 0 aliphatic carbocycles. The number of rotatable bonds is 2. The van der Waals surface area contributed by atoms with E-state index in [0.29, 0.717) is 0 Å². The summed E-state index contributed by atoms with van der Waals surface area (Å²) in [6.07, 6.45) is 0. The molecule has 0 radical (unpaired) electrons. The molecule has 0 N–H and O–H groups in total. The number of hydrogen-bond donors (Lipinski definition) is 0. The predicted molar refractivity (Wildman–Crippen MR) is 30.9 cm³/mol. The molecule has 0 bridgehead atoms. The molecule has 0 amide bonds. The molecule has 0 aliphatic rings. The van der Waals surface area contributed by atoms with Crippen LogP contribution >= 0.6 is 0 Å². The van der Waals surface area contributed by atoms with E-state index in [1.54, 1.807) is 0 Å². The van der Waals surface area contributed by atoms with Gasteiger partial charge >= 0.3 is 55.7 Å². The third kappa shape index (κ3) is 6.80. The zero-order valence-electron chi connectivity index (χ0n) is 4.76. The van der Waals surface area contributed by atoms with Crippen molar-refractivity contribution in [1.29, 1.82) is 0 Å². The summed E-state index contributed by atoms with van der Waals surface area (Å²) in [5, 5.41) is 0. The van der Waals surface area contributed by atoms with Gasteiger partial charge in [-0.2, -0.15) is 0 Å². The van der Waals surface area contributed by atoms with Gasteiger partial charge in [0.05, 0.1) is 0 Å². The van der Waals surface area contributed by atoms with Crippen LogP contribution in [-0.2, 0) is 5.72 Å². The van der Waals surface area contributed by atoms with E-state index in [-0.39, 0.29) is 0 Å². The number of hydrogen-bond acceptors (Lipinski definition) is 2. The van der Waals surface area contributed by atoms with Crippen molar-refractivity contribution in [2.75, 3.05) is 0 Å². The molecule has 0 aliphatic heterocycles. The van der Waals surface area contributed by atoms with Crippen LogP contribution in [-0.4, -0.2) is 30.3 Å². The van der Waals surface area contributed by atoms with Gasteiger partial charge in [0.1, 0.15) is 0 Å². The van der Waals surface area contributed by atoms with E-state index >= 15 is 0 Å². The third-order valence-electron chi connectivity index (χ3n) is 0.311. The van der Waals surface area contributed by atoms with E-state index in [0.717, 1.165) is 0 Å². The molecule has 0 fully saturated rings. The summed E-state index contributed by atoms with van der Waals surface area (Å²) >= 11 is -1.46. The second kappa shape index (κ2) is 2.95. The van der Waals surface area contributed by atoms with Crippen molar-refractivity contribution in [3.63, 3.8) is 0 Å². The Bertz CT molecular complexity index is 67.8. The van der Waals surface area contributed by atoms with Crippen LogP contribution in [0.3, 0.4) is 0 Å². The van der Waals surface area contributed by atoms with Gasteiger partial charge in [-0.05, 0) is 0 Å². The van der Waals surface area contributed by atoms with Crippen LogP contribution in [0, 0.1) is 0 Å². The fraction of sp³-hybridized carbons (Fsp3) is 1.00. The maximum atomic E-state index is 9.91. The molecule has 0 aromatic rings. The Hall–Kier alpha value is 0.795. The molecule has 7 heavy (non-hydrogen) atoms. The summed E-state index contributed by atoms with van der Waals surface area (Å²) in [6, 6.07) is 0. The Labute approximate surface area is 55.9 Å². The Morgan fingerprint density at radius 1 is 1.43 bits per heavy atom. The minimum absolute atomic E-state index is 1.40. The molecular weight excluding hydrogens is 218 g/mol. The first-order valence-electron chi connectivity index (χ1n) is 2.07. The van der Waals surface area contributed by atoms with Gasteiger partial charge in [-0.25, -0.2) is 0 Å². The Balaban J connectivity index is 3.34. The maximum absolute atomic E-state index is 9.91. The molecule has 4 heteroatoms. The monoisotopic (exact) mass is 226 g/mol. The molecule has 0 rings (SSSR count). The molecule has 0 unspecified atom stereocenters. The molecular formula is C3H9O2SbSi. The molecule has 0 saturated heterocycles. The van der Waals surface area contributed by atoms with Gasteiger partial charge in [-0.1, -0.05) is 0 Å². The standard InChI is InChI=1S/C3H9OSi.O.Sb/c1-5(2,3)4;;/h1-3H3;;/q-1;;+1. The second-order valence-electron chi connectivity index (χ2n) is 2.28. The fourth-order valence-electron chi connectivity index (χ4n) is 0.112. The van der Waals surface area contributed by atoms with Gasteiger partial charge in [-0.15, -0.1) is 0 Å². The Morgan fingerprint density at radius 3 is 1.86 bits per heavy atom. The topological polar surface area (TPSA) is 26.3 Å². The van der Waals surface area contributed by atoms with Crippen LogP contribution < -0.4 is 0 Å². The first-order valence-corrected chi connectivity index (χ1v) is 7.56. The van der Waals surface area contributed by atoms with Crippen molar-refractivity contribution in [1.82, 2.24) is 0 Å². The van der Waals surface area contributed by atoms with Gasteiger partial charge in [0.15, 0.2) is 0 Å². The Morgan fingerprint density at radius 2 is 1.86 bits per heavy atom. The quantitative estimate of drug-likeness (QED) is 0.652. The third-order valence-corrected chi connectivity index (χ3v) is 6.26. The van der Waals surface area contributed by atoms with E-state index in [1.165, 1.54) is 0 Å². The van der Waals surface area contributed by atoms with Crippen LogP contribution in [0.15, 0.2) is 0 Å². The fourth-order valence-corrected chi connectivity index (χ4v) is 2.25. The van der Waals surface area contributed by atoms with E-state index in [2.05, 4.69) is 0 Å². The molecule has 0 atom stereocenters. The molecule has 0 aromatic heterocycles. The van der Waals surface area contributed by atoms with E-state index in [4.69, 9.17) is 2.70 Å². The van der Waals surface area contributed by atoms with Gasteiger partial charge < -0.3 is 0 Å². The minimum atomic E-state index is -1.46. The molecule has 42 valence electrons. The first kappa shape index (κ1) is 7.80. The summed E-state index contributed by atoms with van der Waals surface area (Å²) in [6.45, 7) is 6.09. The average Bonchev–Trinajstić information content (AvgIpc) is 1.30. The van der Waals surface area contributed by atoms with Crippen molar-refractivity contribution in [2.24, 2.45) is 0 Å². The van der Waals surface area contributed by atoms with Crippen LogP contribution in [0.4, 0.5) is 0 Å². The van der Waals surface area contributed by atoms with Crippen molar-refractivity contribution >= 4 is 30.3 Å². The van der Waals surface area contributed by atoms with Crippen molar-refractivity contribution in [2.45, 2.75) is 19.6 Å². The predicted octanol–water partition coefficient (Wildman–Crippen LogP) is 0.803. The van der Waals surface area contributed by atoms with Gasteiger partial charge in [0.25, 0.3) is 0 Å². The molecule has 2 nitrogen and oxygen atoms in total. The first-order chi connectivity index (χ1) is 3.06. The van der Waals surface area contributed by atoms with Crippen LogP contribution in [0.2, 0.25) is 19.6 Å². The molecule has 0 heterocycles. The zero-order chi connectivity index (χ0) is 5.91. The molecule has 0 spiro atoms. The van der Waals surface area contributed by atoms with Gasteiger partial charge in [0, 0.05) is 0 Å². The molecule has 0 aromatic carbocycles. The van der Waals surface area contributed by atoms with E-state index in [9.17, 15) is 3.02 Å².